The van der Waals surface area contributed by atoms with Crippen LogP contribution in [0.5, 0.6) is 5.75 Å². The summed E-state index contributed by atoms with van der Waals surface area (Å²) in [7, 11) is 1.17. The number of halogens is 4. The molecule has 0 unspecified atom stereocenters. The van der Waals surface area contributed by atoms with Crippen LogP contribution < -0.4 is 4.74 Å². The normalized spacial score (nSPS) is 11.6. The molecule has 0 spiro atoms. The fourth-order valence-electron chi connectivity index (χ4n) is 1.09. The maximum Gasteiger partial charge on any atom is 0.573 e. The van der Waals surface area contributed by atoms with Crippen molar-refractivity contribution in [2.45, 2.75) is 6.36 Å². The van der Waals surface area contributed by atoms with E-state index >= 15 is 0 Å². The van der Waals surface area contributed by atoms with Gasteiger partial charge >= 0.3 is 12.3 Å². The van der Waals surface area contributed by atoms with Crippen LogP contribution in [-0.4, -0.2) is 19.4 Å². The van der Waals surface area contributed by atoms with Gasteiger partial charge in [0.25, 0.3) is 0 Å². The van der Waals surface area contributed by atoms with E-state index in [1.807, 2.05) is 0 Å². The van der Waals surface area contributed by atoms with E-state index in [1.165, 1.54) is 25.3 Å². The lowest BCUT2D eigenvalue weighted by atomic mass is 10.2. The quantitative estimate of drug-likeness (QED) is 0.630. The van der Waals surface area contributed by atoms with Gasteiger partial charge in [-0.25, -0.2) is 4.79 Å². The molecule has 0 bridgehead atoms. The number of carbonyl (C=O) groups is 1. The predicted molar refractivity (Wildman–Crippen MR) is 61.9 cm³/mol. The second-order valence-corrected chi connectivity index (χ2v) is 4.00. The molecule has 0 saturated heterocycles. The number of hydrogen-bond donors (Lipinski definition) is 0. The van der Waals surface area contributed by atoms with E-state index in [0.29, 0.717) is 4.47 Å². The Hall–Kier alpha value is -1.50. The molecule has 0 aliphatic carbocycles. The van der Waals surface area contributed by atoms with Crippen molar-refractivity contribution in [2.75, 3.05) is 7.11 Å². The summed E-state index contributed by atoms with van der Waals surface area (Å²) in [6, 6.07) is 3.94. The van der Waals surface area contributed by atoms with E-state index in [0.717, 1.165) is 12.1 Å². The Labute approximate surface area is 109 Å². The maximum atomic E-state index is 12.1. The summed E-state index contributed by atoms with van der Waals surface area (Å²) in [5, 5.41) is 0. The molecule has 0 aromatic heterocycles. The van der Waals surface area contributed by atoms with E-state index in [1.54, 1.807) is 0 Å². The van der Waals surface area contributed by atoms with E-state index in [2.05, 4.69) is 25.4 Å². The van der Waals surface area contributed by atoms with Crippen LogP contribution in [0.4, 0.5) is 13.2 Å². The molecule has 3 nitrogen and oxygen atoms in total. The molecule has 0 amide bonds. The lowest BCUT2D eigenvalue weighted by Crippen LogP contribution is -2.17. The first-order valence-electron chi connectivity index (χ1n) is 4.63. The van der Waals surface area contributed by atoms with E-state index in [4.69, 9.17) is 0 Å². The molecule has 1 aromatic rings. The molecule has 1 rings (SSSR count). The zero-order valence-electron chi connectivity index (χ0n) is 9.12. The van der Waals surface area contributed by atoms with Crippen molar-refractivity contribution in [1.82, 2.24) is 0 Å². The van der Waals surface area contributed by atoms with E-state index in [-0.39, 0.29) is 5.56 Å². The SMILES string of the molecule is COC(=O)/C=C/c1cc(Br)ccc1OC(F)(F)F. The number of rotatable bonds is 3. The van der Waals surface area contributed by atoms with Crippen LogP contribution in [0, 0.1) is 0 Å². The summed E-state index contributed by atoms with van der Waals surface area (Å²) in [6.07, 6.45) is -2.61. The largest absolute Gasteiger partial charge is 0.573 e. The van der Waals surface area contributed by atoms with Gasteiger partial charge in [0.1, 0.15) is 5.75 Å². The molecule has 1 aromatic carbocycles. The first kappa shape index (κ1) is 14.6. The van der Waals surface area contributed by atoms with Gasteiger partial charge in [-0.05, 0) is 24.3 Å². The lowest BCUT2D eigenvalue weighted by molar-refractivity contribution is -0.274. The van der Waals surface area contributed by atoms with Crippen molar-refractivity contribution < 1.29 is 27.4 Å². The molecular weight excluding hydrogens is 317 g/mol. The van der Waals surface area contributed by atoms with Crippen LogP contribution in [0.15, 0.2) is 28.7 Å². The number of esters is 1. The molecule has 0 aliphatic rings. The maximum absolute atomic E-state index is 12.1. The first-order chi connectivity index (χ1) is 8.31. The second kappa shape index (κ2) is 5.90. The third-order valence-electron chi connectivity index (χ3n) is 1.80. The molecule has 7 heteroatoms. The summed E-state index contributed by atoms with van der Waals surface area (Å²) in [4.78, 5) is 10.9. The van der Waals surface area contributed by atoms with Crippen LogP contribution in [0.3, 0.4) is 0 Å². The Morgan fingerprint density at radius 1 is 1.39 bits per heavy atom. The summed E-state index contributed by atoms with van der Waals surface area (Å²) in [6.45, 7) is 0. The minimum absolute atomic E-state index is 0.104. The molecule has 0 aliphatic heterocycles. The number of ether oxygens (including phenoxy) is 2. The highest BCUT2D eigenvalue weighted by molar-refractivity contribution is 9.10. The van der Waals surface area contributed by atoms with Crippen molar-refractivity contribution >= 4 is 28.0 Å². The van der Waals surface area contributed by atoms with Gasteiger partial charge in [-0.3, -0.25) is 0 Å². The summed E-state index contributed by atoms with van der Waals surface area (Å²) < 4.78 is 45.1. The van der Waals surface area contributed by atoms with E-state index < -0.39 is 18.1 Å². The third kappa shape index (κ3) is 4.79. The smallest absolute Gasteiger partial charge is 0.466 e. The predicted octanol–water partition coefficient (Wildman–Crippen LogP) is 3.53. The molecular formula is C11H8BrF3O3. The van der Waals surface area contributed by atoms with Crippen LogP contribution in [0.2, 0.25) is 0 Å². The Kier molecular flexibility index (Phi) is 4.77. The van der Waals surface area contributed by atoms with Crippen molar-refractivity contribution in [1.29, 1.82) is 0 Å². The minimum atomic E-state index is -4.79. The zero-order valence-corrected chi connectivity index (χ0v) is 10.7. The van der Waals surface area contributed by atoms with Gasteiger partial charge in [-0.2, -0.15) is 0 Å². The number of methoxy groups -OCH3 is 1. The summed E-state index contributed by atoms with van der Waals surface area (Å²) in [5.74, 6) is -1.07. The lowest BCUT2D eigenvalue weighted by Gasteiger charge is -2.11. The van der Waals surface area contributed by atoms with Gasteiger partial charge in [0, 0.05) is 16.1 Å². The molecule has 0 saturated carbocycles. The number of hydrogen-bond acceptors (Lipinski definition) is 3. The second-order valence-electron chi connectivity index (χ2n) is 3.09. The van der Waals surface area contributed by atoms with Crippen molar-refractivity contribution in [3.05, 3.63) is 34.3 Å². The van der Waals surface area contributed by atoms with Crippen LogP contribution >= 0.6 is 15.9 Å². The number of alkyl halides is 3. The van der Waals surface area contributed by atoms with Crippen LogP contribution in [-0.2, 0) is 9.53 Å². The monoisotopic (exact) mass is 324 g/mol. The molecule has 18 heavy (non-hydrogen) atoms. The molecule has 0 atom stereocenters. The van der Waals surface area contributed by atoms with E-state index in [9.17, 15) is 18.0 Å². The first-order valence-corrected chi connectivity index (χ1v) is 5.42. The van der Waals surface area contributed by atoms with Crippen LogP contribution in [0.1, 0.15) is 5.56 Å². The topological polar surface area (TPSA) is 35.5 Å². The Morgan fingerprint density at radius 3 is 2.61 bits per heavy atom. The highest BCUT2D eigenvalue weighted by Crippen LogP contribution is 2.29. The van der Waals surface area contributed by atoms with Gasteiger partial charge in [0.2, 0.25) is 0 Å². The summed E-state index contributed by atoms with van der Waals surface area (Å²) in [5.41, 5.74) is 0.104. The fourth-order valence-corrected chi connectivity index (χ4v) is 1.47. The Morgan fingerprint density at radius 2 is 2.06 bits per heavy atom. The zero-order chi connectivity index (χ0) is 13.8. The van der Waals surface area contributed by atoms with Gasteiger partial charge in [0.05, 0.1) is 7.11 Å². The highest BCUT2D eigenvalue weighted by atomic mass is 79.9. The fraction of sp³-hybridized carbons (Fsp3) is 0.182. The third-order valence-corrected chi connectivity index (χ3v) is 2.29. The standard InChI is InChI=1S/C11H8BrF3O3/c1-17-10(16)5-2-7-6-8(12)3-4-9(7)18-11(13,14)15/h2-6H,1H3/b5-2+. The van der Waals surface area contributed by atoms with Gasteiger partial charge in [-0.1, -0.05) is 15.9 Å². The molecule has 0 heterocycles. The van der Waals surface area contributed by atoms with Crippen molar-refractivity contribution in [3.8, 4) is 5.75 Å². The van der Waals surface area contributed by atoms with Crippen molar-refractivity contribution in [3.63, 3.8) is 0 Å². The minimum Gasteiger partial charge on any atom is -0.466 e. The molecule has 98 valence electrons. The highest BCUT2D eigenvalue weighted by Gasteiger charge is 2.31. The average molecular weight is 325 g/mol. The molecule has 0 fully saturated rings. The van der Waals surface area contributed by atoms with Gasteiger partial charge < -0.3 is 9.47 Å². The summed E-state index contributed by atoms with van der Waals surface area (Å²) >= 11 is 3.11. The van der Waals surface area contributed by atoms with Gasteiger partial charge in [-0.15, -0.1) is 13.2 Å². The number of carbonyl (C=O) groups excluding carboxylic acids is 1. The van der Waals surface area contributed by atoms with Gasteiger partial charge in [0.15, 0.2) is 0 Å². The molecule has 0 radical (unpaired) electrons. The molecule has 0 N–H and O–H groups in total. The Balaban J connectivity index is 3.04. The van der Waals surface area contributed by atoms with Crippen LogP contribution in [0.25, 0.3) is 6.08 Å². The van der Waals surface area contributed by atoms with Crippen molar-refractivity contribution in [2.24, 2.45) is 0 Å². The average Bonchev–Trinajstić information content (AvgIpc) is 2.27. The number of benzene rings is 1. The Bertz CT molecular complexity index is 469.